The summed E-state index contributed by atoms with van der Waals surface area (Å²) in [6.07, 6.45) is 2.48. The predicted molar refractivity (Wildman–Crippen MR) is 69.4 cm³/mol. The standard InChI is InChI=1S/C14H19NO4/c1-4-11-10(14(17)18)7-12(19-11)13(16)15(8(2)3)9-5-6-9/h7-9H,4-6H2,1-3H3,(H,17,18). The van der Waals surface area contributed by atoms with E-state index in [9.17, 15) is 9.59 Å². The highest BCUT2D eigenvalue weighted by molar-refractivity contribution is 5.96. The Labute approximate surface area is 112 Å². The van der Waals surface area contributed by atoms with Crippen molar-refractivity contribution in [2.75, 3.05) is 0 Å². The number of carboxylic acids is 1. The zero-order chi connectivity index (χ0) is 14.2. The Kier molecular flexibility index (Phi) is 3.64. The number of carbonyl (C=O) groups is 2. The number of nitrogens with zero attached hydrogens (tertiary/aromatic N) is 1. The molecule has 1 fully saturated rings. The molecule has 1 amide bonds. The first-order valence-electron chi connectivity index (χ1n) is 6.64. The van der Waals surface area contributed by atoms with Gasteiger partial charge in [-0.3, -0.25) is 4.79 Å². The van der Waals surface area contributed by atoms with E-state index in [1.54, 1.807) is 11.8 Å². The molecule has 1 aromatic rings. The first-order chi connectivity index (χ1) is 8.95. The Morgan fingerprint density at radius 1 is 1.47 bits per heavy atom. The van der Waals surface area contributed by atoms with Crippen molar-refractivity contribution in [2.45, 2.75) is 52.1 Å². The summed E-state index contributed by atoms with van der Waals surface area (Å²) < 4.78 is 5.42. The third-order valence-corrected chi connectivity index (χ3v) is 3.30. The molecule has 19 heavy (non-hydrogen) atoms. The molecule has 0 bridgehead atoms. The minimum atomic E-state index is -1.05. The molecule has 0 aromatic carbocycles. The second kappa shape index (κ2) is 5.07. The lowest BCUT2D eigenvalue weighted by Gasteiger charge is -2.25. The number of aryl methyl sites for hydroxylation is 1. The molecular weight excluding hydrogens is 246 g/mol. The molecule has 104 valence electrons. The average Bonchev–Trinajstić information content (AvgIpc) is 3.06. The quantitative estimate of drug-likeness (QED) is 0.888. The predicted octanol–water partition coefficient (Wildman–Crippen LogP) is 2.55. The molecule has 2 rings (SSSR count). The lowest BCUT2D eigenvalue weighted by molar-refractivity contribution is 0.0652. The Morgan fingerprint density at radius 3 is 2.47 bits per heavy atom. The van der Waals surface area contributed by atoms with Crippen molar-refractivity contribution >= 4 is 11.9 Å². The number of carbonyl (C=O) groups excluding carboxylic acids is 1. The minimum absolute atomic E-state index is 0.0865. The molecule has 1 aromatic heterocycles. The molecule has 5 heteroatoms. The third-order valence-electron chi connectivity index (χ3n) is 3.30. The highest BCUT2D eigenvalue weighted by Crippen LogP contribution is 2.31. The SMILES string of the molecule is CCc1oc(C(=O)N(C(C)C)C2CC2)cc1C(=O)O. The lowest BCUT2D eigenvalue weighted by Crippen LogP contribution is -2.38. The second-order valence-corrected chi connectivity index (χ2v) is 5.14. The molecule has 0 radical (unpaired) electrons. The second-order valence-electron chi connectivity index (χ2n) is 5.14. The van der Waals surface area contributed by atoms with E-state index in [4.69, 9.17) is 9.52 Å². The molecular formula is C14H19NO4. The fraction of sp³-hybridized carbons (Fsp3) is 0.571. The van der Waals surface area contributed by atoms with Crippen LogP contribution in [0.5, 0.6) is 0 Å². The van der Waals surface area contributed by atoms with Gasteiger partial charge in [-0.1, -0.05) is 6.92 Å². The zero-order valence-electron chi connectivity index (χ0n) is 11.5. The molecule has 1 saturated carbocycles. The Balaban J connectivity index is 2.30. The van der Waals surface area contributed by atoms with Gasteiger partial charge in [0.2, 0.25) is 0 Å². The van der Waals surface area contributed by atoms with Crippen molar-refractivity contribution in [2.24, 2.45) is 0 Å². The van der Waals surface area contributed by atoms with Crippen LogP contribution in [0.3, 0.4) is 0 Å². The van der Waals surface area contributed by atoms with Crippen molar-refractivity contribution in [1.29, 1.82) is 0 Å². The molecule has 1 heterocycles. The van der Waals surface area contributed by atoms with E-state index >= 15 is 0 Å². The number of amides is 1. The molecule has 0 saturated heterocycles. The zero-order valence-corrected chi connectivity index (χ0v) is 11.5. The summed E-state index contributed by atoms with van der Waals surface area (Å²) in [6, 6.07) is 1.71. The summed E-state index contributed by atoms with van der Waals surface area (Å²) in [5.41, 5.74) is 0.0883. The number of rotatable bonds is 5. The molecule has 5 nitrogen and oxygen atoms in total. The van der Waals surface area contributed by atoms with Gasteiger partial charge in [0.05, 0.1) is 0 Å². The van der Waals surface area contributed by atoms with Gasteiger partial charge < -0.3 is 14.4 Å². The number of hydrogen-bond acceptors (Lipinski definition) is 3. The molecule has 1 N–H and O–H groups in total. The fourth-order valence-corrected chi connectivity index (χ4v) is 2.28. The van der Waals surface area contributed by atoms with E-state index < -0.39 is 5.97 Å². The molecule has 0 unspecified atom stereocenters. The van der Waals surface area contributed by atoms with Crippen LogP contribution in [0.2, 0.25) is 0 Å². The largest absolute Gasteiger partial charge is 0.478 e. The van der Waals surface area contributed by atoms with Crippen LogP contribution in [0.25, 0.3) is 0 Å². The van der Waals surface area contributed by atoms with Gasteiger partial charge in [-0.25, -0.2) is 4.79 Å². The van der Waals surface area contributed by atoms with E-state index in [0.717, 1.165) is 12.8 Å². The van der Waals surface area contributed by atoms with E-state index in [0.29, 0.717) is 12.2 Å². The highest BCUT2D eigenvalue weighted by atomic mass is 16.4. The smallest absolute Gasteiger partial charge is 0.339 e. The summed E-state index contributed by atoms with van der Waals surface area (Å²) >= 11 is 0. The van der Waals surface area contributed by atoms with Gasteiger partial charge in [0.15, 0.2) is 5.76 Å². The summed E-state index contributed by atoms with van der Waals surface area (Å²) in [6.45, 7) is 5.72. The van der Waals surface area contributed by atoms with Gasteiger partial charge in [-0.15, -0.1) is 0 Å². The molecule has 0 spiro atoms. The van der Waals surface area contributed by atoms with Crippen LogP contribution < -0.4 is 0 Å². The fourth-order valence-electron chi connectivity index (χ4n) is 2.28. The van der Waals surface area contributed by atoms with Crippen molar-refractivity contribution in [3.8, 4) is 0 Å². The number of furan rings is 1. The highest BCUT2D eigenvalue weighted by Gasteiger charge is 2.36. The van der Waals surface area contributed by atoms with Crippen LogP contribution in [-0.4, -0.2) is 34.0 Å². The van der Waals surface area contributed by atoms with Crippen molar-refractivity contribution in [1.82, 2.24) is 4.90 Å². The summed E-state index contributed by atoms with van der Waals surface area (Å²) in [5.74, 6) is -0.771. The van der Waals surface area contributed by atoms with Crippen LogP contribution in [0, 0.1) is 0 Å². The van der Waals surface area contributed by atoms with Crippen LogP contribution in [0.4, 0.5) is 0 Å². The first kappa shape index (κ1) is 13.6. The van der Waals surface area contributed by atoms with Crippen molar-refractivity contribution in [3.05, 3.63) is 23.2 Å². The summed E-state index contributed by atoms with van der Waals surface area (Å²) in [5, 5.41) is 9.08. The minimum Gasteiger partial charge on any atom is -0.478 e. The van der Waals surface area contributed by atoms with Crippen LogP contribution in [0.15, 0.2) is 10.5 Å². The monoisotopic (exact) mass is 265 g/mol. The van der Waals surface area contributed by atoms with Crippen LogP contribution >= 0.6 is 0 Å². The number of hydrogen-bond donors (Lipinski definition) is 1. The van der Waals surface area contributed by atoms with Gasteiger partial charge in [-0.05, 0) is 26.7 Å². The van der Waals surface area contributed by atoms with Crippen LogP contribution in [0.1, 0.15) is 60.3 Å². The van der Waals surface area contributed by atoms with Crippen molar-refractivity contribution < 1.29 is 19.1 Å². The molecule has 1 aliphatic rings. The van der Waals surface area contributed by atoms with Crippen molar-refractivity contribution in [3.63, 3.8) is 0 Å². The van der Waals surface area contributed by atoms with Crippen LogP contribution in [-0.2, 0) is 6.42 Å². The third kappa shape index (κ3) is 2.64. The molecule has 0 atom stereocenters. The Hall–Kier alpha value is -1.78. The molecule has 1 aliphatic carbocycles. The van der Waals surface area contributed by atoms with E-state index in [2.05, 4.69) is 0 Å². The van der Waals surface area contributed by atoms with E-state index in [1.165, 1.54) is 6.07 Å². The van der Waals surface area contributed by atoms with E-state index in [-0.39, 0.29) is 29.3 Å². The van der Waals surface area contributed by atoms with Gasteiger partial charge in [0.1, 0.15) is 11.3 Å². The summed E-state index contributed by atoms with van der Waals surface area (Å²) in [4.78, 5) is 25.3. The maximum absolute atomic E-state index is 12.4. The number of carboxylic acid groups (broad SMARTS) is 1. The lowest BCUT2D eigenvalue weighted by atomic mass is 10.2. The Morgan fingerprint density at radius 2 is 2.11 bits per heavy atom. The van der Waals surface area contributed by atoms with Gasteiger partial charge in [-0.2, -0.15) is 0 Å². The summed E-state index contributed by atoms with van der Waals surface area (Å²) in [7, 11) is 0. The first-order valence-corrected chi connectivity index (χ1v) is 6.64. The van der Waals surface area contributed by atoms with Gasteiger partial charge >= 0.3 is 5.97 Å². The maximum Gasteiger partial charge on any atom is 0.339 e. The molecule has 0 aliphatic heterocycles. The topological polar surface area (TPSA) is 70.8 Å². The average molecular weight is 265 g/mol. The maximum atomic E-state index is 12.4. The normalized spacial score (nSPS) is 14.7. The van der Waals surface area contributed by atoms with E-state index in [1.807, 2.05) is 13.8 Å². The van der Waals surface area contributed by atoms with Gasteiger partial charge in [0, 0.05) is 24.6 Å². The Bertz CT molecular complexity index is 498. The van der Waals surface area contributed by atoms with Gasteiger partial charge in [0.25, 0.3) is 5.91 Å². The number of aromatic carboxylic acids is 1.